The maximum absolute atomic E-state index is 12.0. The largest absolute Gasteiger partial charge is 0.481 e. The topological polar surface area (TPSA) is 66.8 Å². The molecule has 2 fully saturated rings. The van der Waals surface area contributed by atoms with E-state index in [2.05, 4.69) is 0 Å². The minimum absolute atomic E-state index is 0.0562. The van der Waals surface area contributed by atoms with E-state index >= 15 is 0 Å². The first-order valence-corrected chi connectivity index (χ1v) is 7.22. The molecule has 0 aromatic heterocycles. The Bertz CT molecular complexity index is 327. The van der Waals surface area contributed by atoms with Gasteiger partial charge in [0.25, 0.3) is 0 Å². The summed E-state index contributed by atoms with van der Waals surface area (Å²) in [6.45, 7) is 2.37. The molecule has 1 aliphatic carbocycles. The van der Waals surface area contributed by atoms with Crippen molar-refractivity contribution in [1.82, 2.24) is 4.90 Å². The van der Waals surface area contributed by atoms with E-state index < -0.39 is 5.97 Å². The molecule has 1 saturated heterocycles. The van der Waals surface area contributed by atoms with Crippen molar-refractivity contribution in [3.05, 3.63) is 0 Å². The highest BCUT2D eigenvalue weighted by molar-refractivity contribution is 5.77. The standard InChI is InChI=1S/C14H23NO4/c16-13(10-19-9-12-3-4-12)15-7-1-2-11(8-15)5-6-14(17)18/h11-12H,1-10H2,(H,17,18). The average molecular weight is 269 g/mol. The highest BCUT2D eigenvalue weighted by Crippen LogP contribution is 2.28. The van der Waals surface area contributed by atoms with Crippen molar-refractivity contribution >= 4 is 11.9 Å². The van der Waals surface area contributed by atoms with E-state index in [0.717, 1.165) is 19.4 Å². The number of piperidine rings is 1. The van der Waals surface area contributed by atoms with E-state index in [1.54, 1.807) is 0 Å². The van der Waals surface area contributed by atoms with Gasteiger partial charge < -0.3 is 14.7 Å². The maximum atomic E-state index is 12.0. The van der Waals surface area contributed by atoms with Crippen LogP contribution < -0.4 is 0 Å². The summed E-state index contributed by atoms with van der Waals surface area (Å²) in [6, 6.07) is 0. The van der Waals surface area contributed by atoms with Crippen LogP contribution >= 0.6 is 0 Å². The lowest BCUT2D eigenvalue weighted by molar-refractivity contribution is -0.138. The van der Waals surface area contributed by atoms with E-state index in [9.17, 15) is 9.59 Å². The van der Waals surface area contributed by atoms with Gasteiger partial charge in [-0.2, -0.15) is 0 Å². The second-order valence-electron chi connectivity index (χ2n) is 5.74. The normalized spacial score (nSPS) is 23.4. The fourth-order valence-corrected chi connectivity index (χ4v) is 2.54. The van der Waals surface area contributed by atoms with Crippen LogP contribution in [0.4, 0.5) is 0 Å². The first-order chi connectivity index (χ1) is 9.15. The Kier molecular flexibility index (Phi) is 5.19. The molecule has 108 valence electrons. The van der Waals surface area contributed by atoms with Gasteiger partial charge in [0.15, 0.2) is 0 Å². The number of carboxylic acids is 1. The molecule has 5 heteroatoms. The summed E-state index contributed by atoms with van der Waals surface area (Å²) in [5.74, 6) is 0.312. The van der Waals surface area contributed by atoms with Crippen molar-refractivity contribution in [3.63, 3.8) is 0 Å². The summed E-state index contributed by atoms with van der Waals surface area (Å²) in [5, 5.41) is 8.69. The van der Waals surface area contributed by atoms with E-state index in [1.165, 1.54) is 12.8 Å². The molecule has 1 saturated carbocycles. The SMILES string of the molecule is O=C(O)CCC1CCCN(C(=O)COCC2CC2)C1. The molecule has 1 amide bonds. The number of amides is 1. The fraction of sp³-hybridized carbons (Fsp3) is 0.857. The smallest absolute Gasteiger partial charge is 0.303 e. The second kappa shape index (κ2) is 6.89. The van der Waals surface area contributed by atoms with Gasteiger partial charge in [0.1, 0.15) is 6.61 Å². The summed E-state index contributed by atoms with van der Waals surface area (Å²) in [5.41, 5.74) is 0. The predicted molar refractivity (Wildman–Crippen MR) is 69.7 cm³/mol. The molecule has 0 aromatic carbocycles. The number of aliphatic carboxylic acids is 1. The van der Waals surface area contributed by atoms with Crippen molar-refractivity contribution in [2.45, 2.75) is 38.5 Å². The summed E-state index contributed by atoms with van der Waals surface area (Å²) >= 11 is 0. The lowest BCUT2D eigenvalue weighted by Crippen LogP contribution is -2.42. The summed E-state index contributed by atoms with van der Waals surface area (Å²) in [7, 11) is 0. The van der Waals surface area contributed by atoms with Crippen LogP contribution in [0.1, 0.15) is 38.5 Å². The van der Waals surface area contributed by atoms with Crippen molar-refractivity contribution in [1.29, 1.82) is 0 Å². The van der Waals surface area contributed by atoms with Gasteiger partial charge in [-0.05, 0) is 43.9 Å². The molecule has 1 unspecified atom stereocenters. The Hall–Kier alpha value is -1.10. The monoisotopic (exact) mass is 269 g/mol. The van der Waals surface area contributed by atoms with Crippen LogP contribution in [-0.4, -0.2) is 48.2 Å². The zero-order chi connectivity index (χ0) is 13.7. The molecule has 0 aromatic rings. The molecule has 19 heavy (non-hydrogen) atoms. The van der Waals surface area contributed by atoms with Crippen LogP contribution in [-0.2, 0) is 14.3 Å². The number of likely N-dealkylation sites (tertiary alicyclic amines) is 1. The van der Waals surface area contributed by atoms with Crippen LogP contribution in [0.5, 0.6) is 0 Å². The molecule has 2 rings (SSSR count). The van der Waals surface area contributed by atoms with E-state index in [-0.39, 0.29) is 18.9 Å². The molecule has 2 aliphatic rings. The number of ether oxygens (including phenoxy) is 1. The lowest BCUT2D eigenvalue weighted by atomic mass is 9.93. The van der Waals surface area contributed by atoms with Crippen molar-refractivity contribution in [2.75, 3.05) is 26.3 Å². The van der Waals surface area contributed by atoms with Crippen molar-refractivity contribution in [3.8, 4) is 0 Å². The number of carboxylic acid groups (broad SMARTS) is 1. The first-order valence-electron chi connectivity index (χ1n) is 7.22. The Morgan fingerprint density at radius 2 is 2.00 bits per heavy atom. The quantitative estimate of drug-likeness (QED) is 0.761. The Morgan fingerprint density at radius 1 is 1.21 bits per heavy atom. The Morgan fingerprint density at radius 3 is 2.68 bits per heavy atom. The highest BCUT2D eigenvalue weighted by atomic mass is 16.5. The van der Waals surface area contributed by atoms with Crippen LogP contribution in [0.2, 0.25) is 0 Å². The number of nitrogens with zero attached hydrogens (tertiary/aromatic N) is 1. The van der Waals surface area contributed by atoms with Gasteiger partial charge in [-0.25, -0.2) is 0 Å². The summed E-state index contributed by atoms with van der Waals surface area (Å²) < 4.78 is 5.42. The third-order valence-electron chi connectivity index (χ3n) is 3.91. The molecule has 1 aliphatic heterocycles. The molecular weight excluding hydrogens is 246 g/mol. The van der Waals surface area contributed by atoms with Crippen molar-refractivity contribution in [2.24, 2.45) is 11.8 Å². The number of hydrogen-bond acceptors (Lipinski definition) is 3. The number of rotatable bonds is 7. The third kappa shape index (κ3) is 5.19. The van der Waals surface area contributed by atoms with Gasteiger partial charge in [-0.3, -0.25) is 9.59 Å². The number of carbonyl (C=O) groups is 2. The van der Waals surface area contributed by atoms with Crippen LogP contribution in [0.15, 0.2) is 0 Å². The van der Waals surface area contributed by atoms with Crippen LogP contribution in [0.25, 0.3) is 0 Å². The van der Waals surface area contributed by atoms with Gasteiger partial charge in [-0.15, -0.1) is 0 Å². The maximum Gasteiger partial charge on any atom is 0.303 e. The van der Waals surface area contributed by atoms with E-state index in [1.807, 2.05) is 4.90 Å². The molecule has 0 radical (unpaired) electrons. The molecule has 0 bridgehead atoms. The molecule has 1 N–H and O–H groups in total. The number of hydrogen-bond donors (Lipinski definition) is 1. The zero-order valence-electron chi connectivity index (χ0n) is 11.3. The summed E-state index contributed by atoms with van der Waals surface area (Å²) in [6.07, 6.45) is 5.33. The Balaban J connectivity index is 1.66. The highest BCUT2D eigenvalue weighted by Gasteiger charge is 2.25. The Labute approximate surface area is 113 Å². The second-order valence-corrected chi connectivity index (χ2v) is 5.74. The van der Waals surface area contributed by atoms with E-state index in [4.69, 9.17) is 9.84 Å². The van der Waals surface area contributed by atoms with Gasteiger partial charge in [0.05, 0.1) is 6.61 Å². The van der Waals surface area contributed by atoms with E-state index in [0.29, 0.717) is 31.4 Å². The average Bonchev–Trinajstić information content (AvgIpc) is 3.21. The predicted octanol–water partition coefficient (Wildman–Crippen LogP) is 1.52. The van der Waals surface area contributed by atoms with Gasteiger partial charge >= 0.3 is 5.97 Å². The molecular formula is C14H23NO4. The number of carbonyl (C=O) groups excluding carboxylic acids is 1. The van der Waals surface area contributed by atoms with Gasteiger partial charge in [0.2, 0.25) is 5.91 Å². The van der Waals surface area contributed by atoms with Crippen LogP contribution in [0.3, 0.4) is 0 Å². The van der Waals surface area contributed by atoms with Crippen LogP contribution in [0, 0.1) is 11.8 Å². The molecule has 0 spiro atoms. The third-order valence-corrected chi connectivity index (χ3v) is 3.91. The molecule has 1 atom stereocenters. The minimum atomic E-state index is -0.754. The zero-order valence-corrected chi connectivity index (χ0v) is 11.3. The van der Waals surface area contributed by atoms with Gasteiger partial charge in [-0.1, -0.05) is 0 Å². The van der Waals surface area contributed by atoms with Gasteiger partial charge in [0, 0.05) is 19.5 Å². The van der Waals surface area contributed by atoms with Crippen molar-refractivity contribution < 1.29 is 19.4 Å². The molecule has 1 heterocycles. The summed E-state index contributed by atoms with van der Waals surface area (Å²) in [4.78, 5) is 24.4. The fourth-order valence-electron chi connectivity index (χ4n) is 2.54. The first kappa shape index (κ1) is 14.3. The lowest BCUT2D eigenvalue weighted by Gasteiger charge is -2.32. The molecule has 5 nitrogen and oxygen atoms in total. The minimum Gasteiger partial charge on any atom is -0.481 e.